The minimum Gasteiger partial charge on any atom is -0.354 e. The van der Waals surface area contributed by atoms with Crippen molar-refractivity contribution in [3.63, 3.8) is 0 Å². The molecule has 0 saturated heterocycles. The maximum Gasteiger partial charge on any atom is 0.264 e. The largest absolute Gasteiger partial charge is 0.354 e. The Bertz CT molecular complexity index is 1700. The zero-order valence-corrected chi connectivity index (χ0v) is 27.7. The Hall–Kier alpha value is -4.02. The quantitative estimate of drug-likeness (QED) is 0.150. The van der Waals surface area contributed by atoms with Crippen molar-refractivity contribution in [2.75, 3.05) is 17.4 Å². The molecule has 0 spiro atoms. The second-order valence-electron chi connectivity index (χ2n) is 10.8. The number of unbranched alkanes of at least 4 members (excludes halogenated alkanes) is 1. The average molecular weight is 695 g/mol. The van der Waals surface area contributed by atoms with Crippen molar-refractivity contribution in [1.82, 2.24) is 10.2 Å². The van der Waals surface area contributed by atoms with Crippen molar-refractivity contribution in [2.45, 2.75) is 50.6 Å². The Labute approximate surface area is 273 Å². The van der Waals surface area contributed by atoms with Crippen molar-refractivity contribution < 1.29 is 22.4 Å². The van der Waals surface area contributed by atoms with Gasteiger partial charge in [-0.2, -0.15) is 0 Å². The van der Waals surface area contributed by atoms with Gasteiger partial charge in [0, 0.05) is 24.0 Å². The number of nitrogens with one attached hydrogen (secondary N) is 1. The maximum absolute atomic E-state index is 15.2. The summed E-state index contributed by atoms with van der Waals surface area (Å²) in [5, 5.41) is 2.96. The van der Waals surface area contributed by atoms with E-state index in [2.05, 4.69) is 21.2 Å². The number of carbonyl (C=O) groups excluding carboxylic acids is 2. The van der Waals surface area contributed by atoms with E-state index in [1.807, 2.05) is 68.4 Å². The standard InChI is InChI=1S/C35H37BrFN3O4S/c1-3-4-21-38-35(42)33(23-27-11-6-5-7-12-27)39(24-28-13-10-14-29(36)22-28)34(41)25-40(32-16-9-8-15-31(32)37)45(43,44)30-19-17-26(2)18-20-30/h5-20,22,33H,3-4,21,23-25H2,1-2H3,(H,38,42)/t33-/m0/s1. The molecule has 45 heavy (non-hydrogen) atoms. The molecular weight excluding hydrogens is 657 g/mol. The number of para-hydroxylation sites is 1. The van der Waals surface area contributed by atoms with E-state index >= 15 is 4.39 Å². The van der Waals surface area contributed by atoms with Gasteiger partial charge in [-0.15, -0.1) is 0 Å². The highest BCUT2D eigenvalue weighted by Gasteiger charge is 2.35. The lowest BCUT2D eigenvalue weighted by molar-refractivity contribution is -0.140. The number of sulfonamides is 1. The minimum atomic E-state index is -4.39. The molecule has 2 amide bonds. The zero-order chi connectivity index (χ0) is 32.4. The summed E-state index contributed by atoms with van der Waals surface area (Å²) in [6, 6.07) is 27.3. The van der Waals surface area contributed by atoms with Gasteiger partial charge in [0.2, 0.25) is 11.8 Å². The van der Waals surface area contributed by atoms with Crippen LogP contribution in [0.3, 0.4) is 0 Å². The molecule has 0 aliphatic heterocycles. The van der Waals surface area contributed by atoms with Crippen LogP contribution in [0.5, 0.6) is 0 Å². The number of carbonyl (C=O) groups is 2. The fraction of sp³-hybridized carbons (Fsp3) is 0.257. The molecule has 0 aromatic heterocycles. The average Bonchev–Trinajstić information content (AvgIpc) is 3.02. The van der Waals surface area contributed by atoms with Crippen molar-refractivity contribution in [3.8, 4) is 0 Å². The highest BCUT2D eigenvalue weighted by Crippen LogP contribution is 2.27. The molecule has 0 aliphatic carbocycles. The van der Waals surface area contributed by atoms with Crippen LogP contribution >= 0.6 is 15.9 Å². The molecule has 0 saturated carbocycles. The smallest absolute Gasteiger partial charge is 0.264 e. The normalized spacial score (nSPS) is 11.9. The molecule has 0 aliphatic rings. The van der Waals surface area contributed by atoms with Crippen LogP contribution in [0.4, 0.5) is 10.1 Å². The van der Waals surface area contributed by atoms with Gasteiger partial charge in [0.1, 0.15) is 18.4 Å². The van der Waals surface area contributed by atoms with E-state index < -0.39 is 34.3 Å². The lowest BCUT2D eigenvalue weighted by atomic mass is 10.0. The van der Waals surface area contributed by atoms with Gasteiger partial charge in [-0.1, -0.05) is 102 Å². The summed E-state index contributed by atoms with van der Waals surface area (Å²) in [5.74, 6) is -1.80. The molecular formula is C35H37BrFN3O4S. The summed E-state index contributed by atoms with van der Waals surface area (Å²) in [6.45, 7) is 3.57. The van der Waals surface area contributed by atoms with E-state index in [9.17, 15) is 18.0 Å². The van der Waals surface area contributed by atoms with Crippen molar-refractivity contribution in [3.05, 3.63) is 130 Å². The van der Waals surface area contributed by atoms with Gasteiger partial charge in [-0.25, -0.2) is 12.8 Å². The lowest BCUT2D eigenvalue weighted by Gasteiger charge is -2.34. The minimum absolute atomic E-state index is 0.0205. The van der Waals surface area contributed by atoms with Crippen LogP contribution < -0.4 is 9.62 Å². The van der Waals surface area contributed by atoms with Gasteiger partial charge in [0.25, 0.3) is 10.0 Å². The predicted octanol–water partition coefficient (Wildman–Crippen LogP) is 6.65. The first-order chi connectivity index (χ1) is 21.6. The molecule has 1 atom stereocenters. The Balaban J connectivity index is 1.80. The number of halogens is 2. The summed E-state index contributed by atoms with van der Waals surface area (Å²) in [6.07, 6.45) is 1.83. The SMILES string of the molecule is CCCCNC(=O)[C@H](Cc1ccccc1)N(Cc1cccc(Br)c1)C(=O)CN(c1ccccc1F)S(=O)(=O)c1ccc(C)cc1. The van der Waals surface area contributed by atoms with Gasteiger partial charge in [-0.3, -0.25) is 13.9 Å². The molecule has 0 heterocycles. The van der Waals surface area contributed by atoms with Gasteiger partial charge in [0.05, 0.1) is 10.6 Å². The number of nitrogens with zero attached hydrogens (tertiary/aromatic N) is 2. The number of hydrogen-bond donors (Lipinski definition) is 1. The molecule has 7 nitrogen and oxygen atoms in total. The summed E-state index contributed by atoms with van der Waals surface area (Å²) >= 11 is 3.47. The van der Waals surface area contributed by atoms with Gasteiger partial charge in [0.15, 0.2) is 0 Å². The van der Waals surface area contributed by atoms with Gasteiger partial charge >= 0.3 is 0 Å². The Morgan fingerprint density at radius 2 is 1.56 bits per heavy atom. The zero-order valence-electron chi connectivity index (χ0n) is 25.3. The molecule has 0 unspecified atom stereocenters. The number of amides is 2. The van der Waals surface area contributed by atoms with Gasteiger partial charge in [-0.05, 0) is 60.9 Å². The number of rotatable bonds is 14. The molecule has 4 rings (SSSR count). The summed E-state index contributed by atoms with van der Waals surface area (Å²) in [4.78, 5) is 29.5. The Kier molecular flexibility index (Phi) is 11.9. The highest BCUT2D eigenvalue weighted by atomic mass is 79.9. The van der Waals surface area contributed by atoms with E-state index in [0.717, 1.165) is 44.4 Å². The number of aryl methyl sites for hydroxylation is 1. The Morgan fingerprint density at radius 1 is 0.889 bits per heavy atom. The number of anilines is 1. The van der Waals surface area contributed by atoms with Crippen LogP contribution in [0.2, 0.25) is 0 Å². The highest BCUT2D eigenvalue weighted by molar-refractivity contribution is 9.10. The van der Waals surface area contributed by atoms with Crippen LogP contribution in [0.1, 0.15) is 36.5 Å². The Morgan fingerprint density at radius 3 is 2.22 bits per heavy atom. The number of hydrogen-bond acceptors (Lipinski definition) is 4. The molecule has 1 N–H and O–H groups in total. The van der Waals surface area contributed by atoms with E-state index in [4.69, 9.17) is 0 Å². The van der Waals surface area contributed by atoms with E-state index in [1.165, 1.54) is 35.2 Å². The van der Waals surface area contributed by atoms with E-state index in [0.29, 0.717) is 6.54 Å². The third kappa shape index (κ3) is 9.02. The summed E-state index contributed by atoms with van der Waals surface area (Å²) in [5.41, 5.74) is 2.15. The van der Waals surface area contributed by atoms with Crippen LogP contribution in [0, 0.1) is 12.7 Å². The molecule has 4 aromatic rings. The number of benzene rings is 4. The second-order valence-corrected chi connectivity index (χ2v) is 13.6. The monoisotopic (exact) mass is 693 g/mol. The maximum atomic E-state index is 15.2. The van der Waals surface area contributed by atoms with Gasteiger partial charge < -0.3 is 10.2 Å². The second kappa shape index (κ2) is 15.8. The van der Waals surface area contributed by atoms with Crippen LogP contribution in [-0.4, -0.2) is 44.3 Å². The molecule has 4 aromatic carbocycles. The topological polar surface area (TPSA) is 86.8 Å². The van der Waals surface area contributed by atoms with Crippen molar-refractivity contribution in [2.24, 2.45) is 0 Å². The predicted molar refractivity (Wildman–Crippen MR) is 179 cm³/mol. The molecule has 0 fully saturated rings. The fourth-order valence-corrected chi connectivity index (χ4v) is 6.77. The van der Waals surface area contributed by atoms with Crippen LogP contribution in [0.25, 0.3) is 0 Å². The third-order valence-corrected chi connectivity index (χ3v) is 9.62. The van der Waals surface area contributed by atoms with Crippen LogP contribution in [0.15, 0.2) is 112 Å². The van der Waals surface area contributed by atoms with Crippen LogP contribution in [-0.2, 0) is 32.6 Å². The lowest BCUT2D eigenvalue weighted by Crippen LogP contribution is -2.53. The van der Waals surface area contributed by atoms with E-state index in [1.54, 1.807) is 12.1 Å². The fourth-order valence-electron chi connectivity index (χ4n) is 4.90. The molecule has 0 radical (unpaired) electrons. The first kappa shape index (κ1) is 33.9. The molecule has 10 heteroatoms. The molecule has 0 bridgehead atoms. The van der Waals surface area contributed by atoms with Crippen molar-refractivity contribution in [1.29, 1.82) is 0 Å². The first-order valence-electron chi connectivity index (χ1n) is 14.8. The summed E-state index contributed by atoms with van der Waals surface area (Å²) in [7, 11) is -4.39. The van der Waals surface area contributed by atoms with E-state index in [-0.39, 0.29) is 29.5 Å². The van der Waals surface area contributed by atoms with Crippen molar-refractivity contribution >= 4 is 43.5 Å². The first-order valence-corrected chi connectivity index (χ1v) is 17.0. The molecule has 236 valence electrons. The third-order valence-electron chi connectivity index (χ3n) is 7.35. The summed E-state index contributed by atoms with van der Waals surface area (Å²) < 4.78 is 44.9.